The fourth-order valence-corrected chi connectivity index (χ4v) is 11.1. The molecule has 49 nitrogen and oxygen atoms in total. The van der Waals surface area contributed by atoms with E-state index >= 15 is 0 Å². The Hall–Kier alpha value is -3.04. The van der Waals surface area contributed by atoms with Crippen LogP contribution in [0.1, 0.15) is 27.2 Å². The van der Waals surface area contributed by atoms with Crippen LogP contribution in [0.2, 0.25) is 0 Å². The number of aliphatic hydroxyl groups is 30. The van der Waals surface area contributed by atoms with Crippen LogP contribution < -0.4 is 0 Å². The smallest absolute Gasteiger partial charge is 0.364 e. The number of nitrogens with zero attached hydrogens (tertiary/aromatic N) is 1. The van der Waals surface area contributed by atoms with Crippen LogP contribution in [-0.4, -0.2) is 499 Å². The Labute approximate surface area is 622 Å². The number of aliphatic hydroxyl groups excluding tert-OH is 30. The molecule has 8 saturated heterocycles. The minimum atomic E-state index is -2.08. The fraction of sp³-hybridized carbons (Fsp3) is 0.967. The number of carboxylic acids is 1. The van der Waals surface area contributed by atoms with Crippen LogP contribution in [0.3, 0.4) is 0 Å². The molecule has 41 atom stereocenters. The Bertz CT molecular complexity index is 2270. The zero-order chi connectivity index (χ0) is 84.1. The molecule has 8 fully saturated rings. The molecule has 49 heteroatoms. The van der Waals surface area contributed by atoms with Crippen molar-refractivity contribution in [2.75, 3.05) is 89.4 Å². The topological polar surface area (TPSA) is 816 Å². The molecule has 8 rings (SSSR count). The van der Waals surface area contributed by atoms with E-state index in [0.717, 1.165) is 13.4 Å². The van der Waals surface area contributed by atoms with Gasteiger partial charge in [-0.05, 0) is 13.8 Å². The molecule has 109 heavy (non-hydrogen) atoms. The Morgan fingerprint density at radius 1 is 0.394 bits per heavy atom. The number of hydrogen-bond donors (Lipinski definition) is 31. The molecule has 8 heterocycles. The van der Waals surface area contributed by atoms with Crippen LogP contribution in [0, 0.1) is 17.4 Å². The summed E-state index contributed by atoms with van der Waals surface area (Å²) in [6, 6.07) is 0. The van der Waals surface area contributed by atoms with Crippen molar-refractivity contribution in [2.45, 2.75) is 272 Å². The van der Waals surface area contributed by atoms with Gasteiger partial charge in [-0.3, -0.25) is 0 Å². The van der Waals surface area contributed by atoms with Crippen LogP contribution in [0.15, 0.2) is 0 Å². The molecule has 648 valence electrons. The Morgan fingerprint density at radius 2 is 0.642 bits per heavy atom. The number of ether oxygens (including phenoxy) is 16. The molecule has 31 N–H and O–H groups in total. The lowest BCUT2D eigenvalue weighted by Crippen LogP contribution is -2.64. The number of rotatable bonds is 18. The molecular formula is C60H115NO48. The second-order valence-corrected chi connectivity index (χ2v) is 25.2. The van der Waals surface area contributed by atoms with Gasteiger partial charge in [0.05, 0.1) is 64.1 Å². The molecule has 8 aliphatic heterocycles. The SMILES string of the molecule is COC1OC(C)[C@@H](O)[C@H](O)C1O.COC1OC(C)[C@H](O)[C@H](O)C1O.COC1OC(CO)[C@@H](O)[C@H](O)C1O.COC1OC(CO)[C@@H](O[C@@H]2OC(CO)[C@H](O)[C@H](O)C2O)[C@H](O)C1O.CO[C@@H]1OC(CO)[C@@H](O)[C@H](O)C1O.CO[C@@H]1OC(CO)[C@H](O)[C@H](O)C1O.CO[C@]1(C(=O)O)C[C@@H](O)[C@@H](C)C([C@H](O)[C@H](O)CO)O1.N#CO. The fourth-order valence-electron chi connectivity index (χ4n) is 11.1. The average Bonchev–Trinajstić information content (AvgIpc) is 0.780. The van der Waals surface area contributed by atoms with Gasteiger partial charge >= 0.3 is 5.97 Å². The minimum absolute atomic E-state index is 0.293. The molecule has 0 aliphatic carbocycles. The first-order valence-corrected chi connectivity index (χ1v) is 33.3. The van der Waals surface area contributed by atoms with Gasteiger partial charge in [0.1, 0.15) is 171 Å². The second-order valence-electron chi connectivity index (χ2n) is 25.2. The van der Waals surface area contributed by atoms with Gasteiger partial charge < -0.3 is 234 Å². The van der Waals surface area contributed by atoms with E-state index in [1.165, 1.54) is 42.7 Å². The molecule has 0 amide bonds. The first-order chi connectivity index (χ1) is 51.0. The molecule has 0 aromatic heterocycles. The van der Waals surface area contributed by atoms with E-state index in [0.29, 0.717) is 0 Å². The van der Waals surface area contributed by atoms with Gasteiger partial charge in [-0.15, -0.1) is 0 Å². The van der Waals surface area contributed by atoms with Crippen molar-refractivity contribution in [3.05, 3.63) is 0 Å². The number of hydrogen-bond acceptors (Lipinski definition) is 48. The van der Waals surface area contributed by atoms with E-state index in [1.807, 2.05) is 0 Å². The van der Waals surface area contributed by atoms with Crippen molar-refractivity contribution >= 4 is 5.97 Å². The third-order valence-electron chi connectivity index (χ3n) is 18.0. The van der Waals surface area contributed by atoms with Crippen LogP contribution in [0.5, 0.6) is 0 Å². The van der Waals surface area contributed by atoms with E-state index in [-0.39, 0.29) is 6.42 Å². The van der Waals surface area contributed by atoms with Gasteiger partial charge in [0.15, 0.2) is 44.0 Å². The summed E-state index contributed by atoms with van der Waals surface area (Å²) in [5.74, 6) is -4.14. The number of aliphatic carboxylic acids is 1. The van der Waals surface area contributed by atoms with Gasteiger partial charge in [-0.2, -0.15) is 5.26 Å². The lowest BCUT2D eigenvalue weighted by Gasteiger charge is -2.45. The zero-order valence-electron chi connectivity index (χ0n) is 60.8. The summed E-state index contributed by atoms with van der Waals surface area (Å²) in [5, 5.41) is 294. The molecule has 0 aromatic rings. The van der Waals surface area contributed by atoms with Gasteiger partial charge in [-0.1, -0.05) is 6.92 Å². The minimum Gasteiger partial charge on any atom is -0.477 e. The van der Waals surface area contributed by atoms with E-state index in [1.54, 1.807) is 20.8 Å². The second kappa shape index (κ2) is 50.4. The third kappa shape index (κ3) is 27.8. The van der Waals surface area contributed by atoms with E-state index in [9.17, 15) is 127 Å². The maximum absolute atomic E-state index is 11.2. The summed E-state index contributed by atoms with van der Waals surface area (Å²) in [4.78, 5) is 11.2. The maximum Gasteiger partial charge on any atom is 0.364 e. The van der Waals surface area contributed by atoms with Crippen LogP contribution in [0.25, 0.3) is 0 Å². The highest BCUT2D eigenvalue weighted by molar-refractivity contribution is 5.76. The summed E-state index contributed by atoms with van der Waals surface area (Å²) in [7, 11) is 8.98. The molecule has 19 unspecified atom stereocenters. The van der Waals surface area contributed by atoms with Crippen molar-refractivity contribution in [1.29, 1.82) is 5.26 Å². The van der Waals surface area contributed by atoms with Gasteiger partial charge in [0.2, 0.25) is 0 Å². The lowest BCUT2D eigenvalue weighted by molar-refractivity contribution is -0.357. The van der Waals surface area contributed by atoms with E-state index < -0.39 is 297 Å². The first kappa shape index (κ1) is 104. The summed E-state index contributed by atoms with van der Waals surface area (Å²) < 4.78 is 79.2. The largest absolute Gasteiger partial charge is 0.477 e. The van der Waals surface area contributed by atoms with E-state index in [4.69, 9.17) is 117 Å². The highest BCUT2D eigenvalue weighted by Gasteiger charge is 2.55. The summed E-state index contributed by atoms with van der Waals surface area (Å²) in [6.07, 6.45) is -46.6. The lowest BCUT2D eigenvalue weighted by atomic mass is 9.84. The normalized spacial score (nSPS) is 45.3. The van der Waals surface area contributed by atoms with Crippen molar-refractivity contribution in [3.8, 4) is 6.26 Å². The van der Waals surface area contributed by atoms with Crippen molar-refractivity contribution < 1.29 is 239 Å². The van der Waals surface area contributed by atoms with Gasteiger partial charge in [0, 0.05) is 62.1 Å². The summed E-state index contributed by atoms with van der Waals surface area (Å²) in [5.41, 5.74) is 0. The van der Waals surface area contributed by atoms with Crippen LogP contribution >= 0.6 is 0 Å². The molecule has 0 aromatic carbocycles. The van der Waals surface area contributed by atoms with Gasteiger partial charge in [-0.25, -0.2) is 4.79 Å². The highest BCUT2D eigenvalue weighted by atomic mass is 16.8. The quantitative estimate of drug-likeness (QED) is 0.0567. The number of methoxy groups -OCH3 is 7. The highest BCUT2D eigenvalue weighted by Crippen LogP contribution is 2.37. The first-order valence-electron chi connectivity index (χ1n) is 33.3. The third-order valence-corrected chi connectivity index (χ3v) is 18.0. The number of carboxylic acid groups (broad SMARTS) is 1. The predicted molar refractivity (Wildman–Crippen MR) is 343 cm³/mol. The zero-order valence-corrected chi connectivity index (χ0v) is 60.8. The molecule has 0 radical (unpaired) electrons. The number of nitriles is 1. The standard InChI is InChI=1S/C13H24O11.C11H20O8.3C7H14O6.2C7H14O5.CHNO/c1-21-12-10(20)8(18)11(5(3-15)23-12)24-13-9(19)7(17)6(16)4(2-14)22-13;1-5-6(13)3-11(18-2,10(16)17)19-9(5)8(15)7(14)4-12;3*1-12-7-6(11)5(10)4(9)3(2-8)13-7;2*1-3-4(8)5(9)6(10)7(11-2)12-3;2-1-3/h4-20H,2-3H2,1H3;5-9,12-15H,3-4H2,1-2H3,(H,16,17);3*3-11H,2H2,1H3;2*3-10H,1-2H3;3H/t4?,5?,6-,7-,8+,9?,10?,11+,12?,13-;5-,6-,7-,8-,9?,11-;3?,4-,5+,6?,7?;3?,4-,5+,6?,7-;3?,4-,5-,6?,7+;3?,4-,5+,6?,7?;3?,4-,5-,6?,7?;/m0111010./s1. The monoisotopic (exact) mass is 1620 g/mol. The average molecular weight is 1620 g/mol. The summed E-state index contributed by atoms with van der Waals surface area (Å²) in [6.45, 7) is 1.48. The Kier molecular flexibility index (Phi) is 48.1. The molecule has 0 saturated carbocycles. The molecular weight excluding hydrogens is 1500 g/mol. The van der Waals surface area contributed by atoms with Crippen molar-refractivity contribution in [3.63, 3.8) is 0 Å². The van der Waals surface area contributed by atoms with Crippen molar-refractivity contribution in [1.82, 2.24) is 0 Å². The molecule has 0 spiro atoms. The molecule has 8 aliphatic rings. The maximum atomic E-state index is 11.2. The predicted octanol–water partition coefficient (Wildman–Crippen LogP) is -17.8. The van der Waals surface area contributed by atoms with Crippen LogP contribution in [-0.2, 0) is 80.6 Å². The Morgan fingerprint density at radius 3 is 0.899 bits per heavy atom. The Balaban J connectivity index is 0.000000642. The summed E-state index contributed by atoms with van der Waals surface area (Å²) >= 11 is 0. The van der Waals surface area contributed by atoms with Gasteiger partial charge in [0.25, 0.3) is 12.0 Å². The molecule has 0 bridgehead atoms. The number of carbonyl (C=O) groups is 1. The van der Waals surface area contributed by atoms with Crippen molar-refractivity contribution in [2.24, 2.45) is 5.92 Å². The van der Waals surface area contributed by atoms with Crippen LogP contribution in [0.4, 0.5) is 0 Å². The van der Waals surface area contributed by atoms with E-state index in [2.05, 4.69) is 0 Å².